The molecule has 14 heavy (non-hydrogen) atoms. The van der Waals surface area contributed by atoms with Crippen LogP contribution in [-0.2, 0) is 6.61 Å². The highest BCUT2D eigenvalue weighted by atomic mass is 16.3. The van der Waals surface area contributed by atoms with E-state index in [0.717, 1.165) is 0 Å². The summed E-state index contributed by atoms with van der Waals surface area (Å²) in [7, 11) is 0. The van der Waals surface area contributed by atoms with E-state index < -0.39 is 11.2 Å². The first-order valence-corrected chi connectivity index (χ1v) is 4.07. The lowest BCUT2D eigenvalue weighted by atomic mass is 10.2. The lowest BCUT2D eigenvalue weighted by molar-refractivity contribution is 0.282. The van der Waals surface area contributed by atoms with Crippen molar-refractivity contribution in [2.75, 3.05) is 0 Å². The molecular weight excluding hydrogens is 184 g/mol. The van der Waals surface area contributed by atoms with Gasteiger partial charge in [-0.05, 0) is 17.7 Å². The third-order valence-electron chi connectivity index (χ3n) is 1.99. The molecular formula is C9H8N2O3. The van der Waals surface area contributed by atoms with Crippen LogP contribution in [0.3, 0.4) is 0 Å². The average molecular weight is 192 g/mol. The lowest BCUT2D eigenvalue weighted by Crippen LogP contribution is -2.21. The maximum atomic E-state index is 11.3. The fourth-order valence-electron chi connectivity index (χ4n) is 1.32. The number of H-pyrrole nitrogens is 2. The van der Waals surface area contributed by atoms with Crippen LogP contribution in [0.25, 0.3) is 10.9 Å². The van der Waals surface area contributed by atoms with Gasteiger partial charge < -0.3 is 10.1 Å². The van der Waals surface area contributed by atoms with Gasteiger partial charge in [-0.15, -0.1) is 0 Å². The highest BCUT2D eigenvalue weighted by Gasteiger charge is 2.00. The van der Waals surface area contributed by atoms with Gasteiger partial charge in [-0.1, -0.05) is 6.07 Å². The van der Waals surface area contributed by atoms with E-state index in [1.807, 2.05) is 0 Å². The van der Waals surface area contributed by atoms with Crippen LogP contribution < -0.4 is 11.2 Å². The van der Waals surface area contributed by atoms with E-state index in [-0.39, 0.29) is 6.61 Å². The Morgan fingerprint density at radius 1 is 1.21 bits per heavy atom. The summed E-state index contributed by atoms with van der Waals surface area (Å²) >= 11 is 0. The SMILES string of the molecule is O=c1[nH]c(=O)c2ccc(CO)cc2[nH]1. The van der Waals surface area contributed by atoms with Gasteiger partial charge in [0.2, 0.25) is 0 Å². The van der Waals surface area contributed by atoms with E-state index in [1.54, 1.807) is 18.2 Å². The Morgan fingerprint density at radius 3 is 2.71 bits per heavy atom. The first kappa shape index (κ1) is 8.71. The molecule has 0 unspecified atom stereocenters. The first-order chi connectivity index (χ1) is 6.70. The Hall–Kier alpha value is -1.88. The van der Waals surface area contributed by atoms with E-state index in [2.05, 4.69) is 9.97 Å². The third-order valence-corrected chi connectivity index (χ3v) is 1.99. The fourth-order valence-corrected chi connectivity index (χ4v) is 1.32. The smallest absolute Gasteiger partial charge is 0.326 e. The molecule has 2 aromatic rings. The van der Waals surface area contributed by atoms with Crippen molar-refractivity contribution in [1.82, 2.24) is 9.97 Å². The van der Waals surface area contributed by atoms with E-state index in [9.17, 15) is 9.59 Å². The number of aliphatic hydroxyl groups is 1. The molecule has 0 spiro atoms. The Kier molecular flexibility index (Phi) is 1.94. The van der Waals surface area contributed by atoms with Crippen molar-refractivity contribution in [3.05, 3.63) is 44.6 Å². The molecule has 0 aliphatic carbocycles. The lowest BCUT2D eigenvalue weighted by Gasteiger charge is -1.98. The highest BCUT2D eigenvalue weighted by molar-refractivity contribution is 5.77. The summed E-state index contributed by atoms with van der Waals surface area (Å²) in [6.07, 6.45) is 0. The van der Waals surface area contributed by atoms with Crippen molar-refractivity contribution in [2.45, 2.75) is 6.61 Å². The van der Waals surface area contributed by atoms with Gasteiger partial charge in [-0.3, -0.25) is 9.78 Å². The molecule has 0 amide bonds. The van der Waals surface area contributed by atoms with Gasteiger partial charge in [0.1, 0.15) is 0 Å². The highest BCUT2D eigenvalue weighted by Crippen LogP contribution is 2.07. The molecule has 0 radical (unpaired) electrons. The summed E-state index contributed by atoms with van der Waals surface area (Å²) in [6, 6.07) is 4.78. The molecule has 72 valence electrons. The van der Waals surface area contributed by atoms with Gasteiger partial charge in [0.25, 0.3) is 5.56 Å². The van der Waals surface area contributed by atoms with Gasteiger partial charge >= 0.3 is 5.69 Å². The van der Waals surface area contributed by atoms with Crippen molar-refractivity contribution in [3.63, 3.8) is 0 Å². The van der Waals surface area contributed by atoms with Crippen molar-refractivity contribution in [3.8, 4) is 0 Å². The Labute approximate surface area is 78.0 Å². The molecule has 0 aliphatic rings. The second-order valence-corrected chi connectivity index (χ2v) is 2.95. The van der Waals surface area contributed by atoms with Crippen LogP contribution in [0.4, 0.5) is 0 Å². The summed E-state index contributed by atoms with van der Waals surface area (Å²) in [6.45, 7) is -0.120. The fraction of sp³-hybridized carbons (Fsp3) is 0.111. The second kappa shape index (κ2) is 3.12. The molecule has 3 N–H and O–H groups in total. The van der Waals surface area contributed by atoms with Crippen LogP contribution in [0.5, 0.6) is 0 Å². The molecule has 0 atom stereocenters. The van der Waals surface area contributed by atoms with Crippen LogP contribution in [0.2, 0.25) is 0 Å². The van der Waals surface area contributed by atoms with E-state index in [0.29, 0.717) is 16.5 Å². The normalized spacial score (nSPS) is 10.6. The number of aliphatic hydroxyl groups excluding tert-OH is 1. The Balaban J connectivity index is 2.89. The van der Waals surface area contributed by atoms with E-state index >= 15 is 0 Å². The first-order valence-electron chi connectivity index (χ1n) is 4.07. The zero-order valence-corrected chi connectivity index (χ0v) is 7.20. The average Bonchev–Trinajstić information content (AvgIpc) is 2.16. The quantitative estimate of drug-likeness (QED) is 0.580. The van der Waals surface area contributed by atoms with Crippen LogP contribution in [0.1, 0.15) is 5.56 Å². The standard InChI is InChI=1S/C9H8N2O3/c12-4-5-1-2-6-7(3-5)10-9(14)11-8(6)13/h1-3,12H,4H2,(H2,10,11,13,14). The van der Waals surface area contributed by atoms with Crippen molar-refractivity contribution in [1.29, 1.82) is 0 Å². The number of nitrogens with one attached hydrogen (secondary N) is 2. The topological polar surface area (TPSA) is 85.9 Å². The minimum Gasteiger partial charge on any atom is -0.392 e. The van der Waals surface area contributed by atoms with Crippen LogP contribution in [-0.4, -0.2) is 15.1 Å². The molecule has 1 aromatic carbocycles. The summed E-state index contributed by atoms with van der Waals surface area (Å²) in [5, 5.41) is 9.26. The molecule has 1 heterocycles. The van der Waals surface area contributed by atoms with Gasteiger partial charge in [0.15, 0.2) is 0 Å². The maximum Gasteiger partial charge on any atom is 0.326 e. The number of aromatic nitrogens is 2. The van der Waals surface area contributed by atoms with Gasteiger partial charge in [-0.25, -0.2) is 4.79 Å². The summed E-state index contributed by atoms with van der Waals surface area (Å²) in [5.41, 5.74) is 0.120. The zero-order chi connectivity index (χ0) is 10.1. The molecule has 1 aromatic heterocycles. The number of rotatable bonds is 1. The second-order valence-electron chi connectivity index (χ2n) is 2.95. The van der Waals surface area contributed by atoms with Crippen LogP contribution >= 0.6 is 0 Å². The van der Waals surface area contributed by atoms with Crippen molar-refractivity contribution >= 4 is 10.9 Å². The van der Waals surface area contributed by atoms with Crippen molar-refractivity contribution < 1.29 is 5.11 Å². The summed E-state index contributed by atoms with van der Waals surface area (Å²) in [4.78, 5) is 26.8. The molecule has 0 saturated heterocycles. The molecule has 2 rings (SSSR count). The predicted octanol–water partition coefficient (Wildman–Crippen LogP) is -0.291. The van der Waals surface area contributed by atoms with Crippen molar-refractivity contribution in [2.24, 2.45) is 0 Å². The monoisotopic (exact) mass is 192 g/mol. The predicted molar refractivity (Wildman–Crippen MR) is 51.1 cm³/mol. The molecule has 0 fully saturated rings. The number of hydrogen-bond acceptors (Lipinski definition) is 3. The minimum atomic E-state index is -0.544. The number of fused-ring (bicyclic) bond motifs is 1. The number of hydrogen-bond donors (Lipinski definition) is 3. The maximum absolute atomic E-state index is 11.3. The minimum absolute atomic E-state index is 0.120. The Morgan fingerprint density at radius 2 is 2.00 bits per heavy atom. The number of aromatic amines is 2. The number of benzene rings is 1. The van der Waals surface area contributed by atoms with Crippen LogP contribution in [0.15, 0.2) is 27.8 Å². The van der Waals surface area contributed by atoms with E-state index in [1.165, 1.54) is 0 Å². The molecule has 5 nitrogen and oxygen atoms in total. The van der Waals surface area contributed by atoms with Gasteiger partial charge in [0, 0.05) is 0 Å². The molecule has 0 aliphatic heterocycles. The van der Waals surface area contributed by atoms with Gasteiger partial charge in [-0.2, -0.15) is 0 Å². The summed E-state index contributed by atoms with van der Waals surface area (Å²) < 4.78 is 0. The zero-order valence-electron chi connectivity index (χ0n) is 7.20. The Bertz CT molecular complexity index is 582. The molecule has 0 saturated carbocycles. The van der Waals surface area contributed by atoms with Gasteiger partial charge in [0.05, 0.1) is 17.5 Å². The summed E-state index contributed by atoms with van der Waals surface area (Å²) in [5.74, 6) is 0. The largest absolute Gasteiger partial charge is 0.392 e. The third kappa shape index (κ3) is 1.33. The molecule has 0 bridgehead atoms. The molecule has 5 heteroatoms. The van der Waals surface area contributed by atoms with Crippen LogP contribution in [0, 0.1) is 0 Å². The van der Waals surface area contributed by atoms with E-state index in [4.69, 9.17) is 5.11 Å².